The smallest absolute Gasteiger partial charge is 0.295 e. The fraction of sp³-hybridized carbons (Fsp3) is 0.333. The number of rotatable bonds is 13. The molecule has 1 unspecified atom stereocenters. The van der Waals surface area contributed by atoms with Crippen molar-refractivity contribution in [1.82, 2.24) is 4.90 Å². The summed E-state index contributed by atoms with van der Waals surface area (Å²) in [5.41, 5.74) is 3.22. The number of aliphatic hydroxyl groups excluding tert-OH is 1. The van der Waals surface area contributed by atoms with Gasteiger partial charge in [0.05, 0.1) is 31.9 Å². The summed E-state index contributed by atoms with van der Waals surface area (Å²) in [6.07, 6.45) is 1.90. The van der Waals surface area contributed by atoms with Crippen molar-refractivity contribution in [3.63, 3.8) is 0 Å². The van der Waals surface area contributed by atoms with E-state index in [1.165, 1.54) is 19.1 Å². The van der Waals surface area contributed by atoms with E-state index in [-0.39, 0.29) is 24.5 Å². The number of amides is 1. The maximum atomic E-state index is 13.3. The second-order valence-corrected chi connectivity index (χ2v) is 9.84. The molecular weight excluding hydrogens is 522 g/mol. The van der Waals surface area contributed by atoms with Crippen LogP contribution in [0.3, 0.4) is 0 Å². The molecule has 216 valence electrons. The molecule has 4 rings (SSSR count). The maximum Gasteiger partial charge on any atom is 0.295 e. The number of nitrogens with zero attached hydrogens (tertiary/aromatic N) is 1. The minimum absolute atomic E-state index is 0.00128. The molecule has 0 saturated carbocycles. The Morgan fingerprint density at radius 3 is 2.37 bits per heavy atom. The topological polar surface area (TPSA) is 94.5 Å². The molecule has 0 radical (unpaired) electrons. The number of likely N-dealkylation sites (tertiary alicyclic amines) is 1. The van der Waals surface area contributed by atoms with Crippen LogP contribution in [0.15, 0.2) is 72.3 Å². The first-order chi connectivity index (χ1) is 19.9. The maximum absolute atomic E-state index is 13.3. The first-order valence-electron chi connectivity index (χ1n) is 13.7. The third-order valence-electron chi connectivity index (χ3n) is 7.12. The molecule has 1 atom stereocenters. The van der Waals surface area contributed by atoms with Crippen LogP contribution in [-0.2, 0) is 20.9 Å². The lowest BCUT2D eigenvalue weighted by atomic mass is 9.95. The van der Waals surface area contributed by atoms with Crippen LogP contribution < -0.4 is 14.2 Å². The fourth-order valence-electron chi connectivity index (χ4n) is 4.74. The zero-order valence-corrected chi connectivity index (χ0v) is 24.0. The van der Waals surface area contributed by atoms with E-state index in [0.29, 0.717) is 41.6 Å². The summed E-state index contributed by atoms with van der Waals surface area (Å²) >= 11 is 0. The Hall–Kier alpha value is -4.30. The Morgan fingerprint density at radius 2 is 1.68 bits per heavy atom. The van der Waals surface area contributed by atoms with E-state index in [1.54, 1.807) is 42.5 Å². The number of carbonyl (C=O) groups excluding carboxylic acids is 2. The van der Waals surface area contributed by atoms with Crippen LogP contribution in [-0.4, -0.2) is 55.7 Å². The molecular formula is C33H37NO7. The lowest BCUT2D eigenvalue weighted by molar-refractivity contribution is -0.140. The summed E-state index contributed by atoms with van der Waals surface area (Å²) in [4.78, 5) is 27.9. The lowest BCUT2D eigenvalue weighted by Crippen LogP contribution is -2.32. The summed E-state index contributed by atoms with van der Waals surface area (Å²) in [6, 6.07) is 19.3. The molecule has 1 saturated heterocycles. The van der Waals surface area contributed by atoms with Crippen molar-refractivity contribution in [3.8, 4) is 17.2 Å². The predicted molar refractivity (Wildman–Crippen MR) is 156 cm³/mol. The van der Waals surface area contributed by atoms with E-state index in [1.807, 2.05) is 31.2 Å². The van der Waals surface area contributed by atoms with E-state index >= 15 is 0 Å². The van der Waals surface area contributed by atoms with E-state index in [0.717, 1.165) is 24.0 Å². The highest BCUT2D eigenvalue weighted by Gasteiger charge is 2.46. The first-order valence-corrected chi connectivity index (χ1v) is 13.7. The number of hydrogen-bond donors (Lipinski definition) is 1. The van der Waals surface area contributed by atoms with Crippen molar-refractivity contribution in [3.05, 3.63) is 94.6 Å². The Labute approximate surface area is 241 Å². The standard InChI is InChI=1S/C33H37NO7/c1-5-6-18-40-27-16-13-24(20-28(27)39-4)30-29(32(36)33(37)34(30)17-19-38-3)31(35)23-11-14-26(15-12-23)41-21-25-10-8-7-9-22(25)2/h7-16,20,30,35H,5-6,17-19,21H2,1-4H3/b31-29+. The molecule has 41 heavy (non-hydrogen) atoms. The van der Waals surface area contributed by atoms with E-state index in [2.05, 4.69) is 6.92 Å². The number of methoxy groups -OCH3 is 2. The number of Topliss-reactive ketones (excluding diaryl/α,β-unsaturated/α-hetero) is 1. The lowest BCUT2D eigenvalue weighted by Gasteiger charge is -2.25. The average Bonchev–Trinajstić information content (AvgIpc) is 3.24. The van der Waals surface area contributed by atoms with Crippen LogP contribution in [0, 0.1) is 6.92 Å². The Balaban J connectivity index is 1.67. The monoisotopic (exact) mass is 559 g/mol. The van der Waals surface area contributed by atoms with Crippen LogP contribution in [0.2, 0.25) is 0 Å². The molecule has 0 spiro atoms. The number of unbranched alkanes of at least 4 members (excludes halogenated alkanes) is 1. The third-order valence-corrected chi connectivity index (χ3v) is 7.12. The van der Waals surface area contributed by atoms with Crippen molar-refractivity contribution >= 4 is 17.4 Å². The van der Waals surface area contributed by atoms with Gasteiger partial charge in [-0.05, 0) is 66.4 Å². The number of hydrogen-bond acceptors (Lipinski definition) is 7. The summed E-state index contributed by atoms with van der Waals surface area (Å²) < 4.78 is 22.6. The second-order valence-electron chi connectivity index (χ2n) is 9.84. The van der Waals surface area contributed by atoms with Gasteiger partial charge in [0.15, 0.2) is 11.5 Å². The summed E-state index contributed by atoms with van der Waals surface area (Å²) in [6.45, 7) is 5.46. The Kier molecular flexibility index (Phi) is 10.0. The predicted octanol–water partition coefficient (Wildman–Crippen LogP) is 5.83. The van der Waals surface area contributed by atoms with Crippen LogP contribution in [0.1, 0.15) is 48.1 Å². The quantitative estimate of drug-likeness (QED) is 0.122. The zero-order valence-electron chi connectivity index (χ0n) is 24.0. The molecule has 0 bridgehead atoms. The molecule has 1 aliphatic heterocycles. The van der Waals surface area contributed by atoms with Gasteiger partial charge < -0.3 is 29.0 Å². The van der Waals surface area contributed by atoms with Gasteiger partial charge in [0.25, 0.3) is 11.7 Å². The van der Waals surface area contributed by atoms with Gasteiger partial charge in [-0.1, -0.05) is 43.7 Å². The van der Waals surface area contributed by atoms with Crippen LogP contribution >= 0.6 is 0 Å². The van der Waals surface area contributed by atoms with E-state index in [4.69, 9.17) is 18.9 Å². The van der Waals surface area contributed by atoms with E-state index < -0.39 is 17.7 Å². The first kappa shape index (κ1) is 29.7. The number of ketones is 1. The molecule has 1 heterocycles. The van der Waals surface area contributed by atoms with Gasteiger partial charge in [-0.15, -0.1) is 0 Å². The van der Waals surface area contributed by atoms with Crippen molar-refractivity contribution in [2.45, 2.75) is 39.3 Å². The minimum atomic E-state index is -0.833. The highest BCUT2D eigenvalue weighted by molar-refractivity contribution is 6.46. The van der Waals surface area contributed by atoms with Crippen molar-refractivity contribution in [1.29, 1.82) is 0 Å². The molecule has 3 aromatic rings. The number of aryl methyl sites for hydroxylation is 1. The largest absolute Gasteiger partial charge is 0.507 e. The van der Waals surface area contributed by atoms with Gasteiger partial charge in [-0.25, -0.2) is 0 Å². The highest BCUT2D eigenvalue weighted by atomic mass is 16.5. The van der Waals surface area contributed by atoms with Gasteiger partial charge >= 0.3 is 0 Å². The van der Waals surface area contributed by atoms with Gasteiger partial charge in [-0.2, -0.15) is 0 Å². The molecule has 1 N–H and O–H groups in total. The summed E-state index contributed by atoms with van der Waals surface area (Å²) in [5, 5.41) is 11.4. The number of aliphatic hydroxyl groups is 1. The molecule has 3 aromatic carbocycles. The molecule has 8 heteroatoms. The normalized spacial score (nSPS) is 16.2. The van der Waals surface area contributed by atoms with Crippen molar-refractivity contribution in [2.75, 3.05) is 34.0 Å². The Bertz CT molecular complexity index is 1400. The van der Waals surface area contributed by atoms with Crippen molar-refractivity contribution in [2.24, 2.45) is 0 Å². The van der Waals surface area contributed by atoms with Gasteiger partial charge in [0.1, 0.15) is 18.1 Å². The minimum Gasteiger partial charge on any atom is -0.507 e. The number of ether oxygens (including phenoxy) is 4. The van der Waals surface area contributed by atoms with Gasteiger partial charge in [-0.3, -0.25) is 9.59 Å². The molecule has 0 aliphatic carbocycles. The van der Waals surface area contributed by atoms with Crippen LogP contribution in [0.5, 0.6) is 17.2 Å². The number of carbonyl (C=O) groups is 2. The molecule has 1 aliphatic rings. The van der Waals surface area contributed by atoms with Gasteiger partial charge in [0.2, 0.25) is 0 Å². The zero-order chi connectivity index (χ0) is 29.4. The average molecular weight is 560 g/mol. The summed E-state index contributed by atoms with van der Waals surface area (Å²) in [5.74, 6) is -0.0584. The van der Waals surface area contributed by atoms with Crippen molar-refractivity contribution < 1.29 is 33.6 Å². The molecule has 1 fully saturated rings. The Morgan fingerprint density at radius 1 is 0.927 bits per heavy atom. The van der Waals surface area contributed by atoms with Crippen LogP contribution in [0.25, 0.3) is 5.76 Å². The highest BCUT2D eigenvalue weighted by Crippen LogP contribution is 2.42. The SMILES string of the molecule is CCCCOc1ccc(C2/C(=C(\O)c3ccc(OCc4ccccc4C)cc3)C(=O)C(=O)N2CCOC)cc1OC. The second kappa shape index (κ2) is 13.9. The molecule has 8 nitrogen and oxygen atoms in total. The number of benzene rings is 3. The van der Waals surface area contributed by atoms with E-state index in [9.17, 15) is 14.7 Å². The van der Waals surface area contributed by atoms with Gasteiger partial charge in [0, 0.05) is 19.2 Å². The fourth-order valence-corrected chi connectivity index (χ4v) is 4.74. The third kappa shape index (κ3) is 6.72. The molecule has 0 aromatic heterocycles. The van der Waals surface area contributed by atoms with Crippen LogP contribution in [0.4, 0.5) is 0 Å². The summed E-state index contributed by atoms with van der Waals surface area (Å²) in [7, 11) is 3.07. The molecule has 1 amide bonds.